The summed E-state index contributed by atoms with van der Waals surface area (Å²) in [5, 5.41) is 0.685. The summed E-state index contributed by atoms with van der Waals surface area (Å²) in [7, 11) is -5.68. The van der Waals surface area contributed by atoms with Gasteiger partial charge in [0.1, 0.15) is 18.0 Å². The molecule has 1 heterocycles. The standard InChI is InChI=1S/C25H32ClF3O8S/c1-14(30)34-21-13-24(9-10-24)36-22(23(21)35-15(2)31)17-5-8-20(26)18(12-17)11-16-3-6-19(7-4-16)37-38(32,33)25(27,28)29/h6,8,16-18,21-23H,3-5,7,9-13H2,1-2H3/t16?,17?,18?,21-,22-,23?/m0/s1. The Balaban J connectivity index is 1.43. The van der Waals surface area contributed by atoms with E-state index in [0.29, 0.717) is 43.6 Å². The summed E-state index contributed by atoms with van der Waals surface area (Å²) < 4.78 is 82.4. The molecule has 0 aromatic rings. The molecule has 13 heteroatoms. The zero-order valence-electron chi connectivity index (χ0n) is 21.2. The number of alkyl halides is 3. The van der Waals surface area contributed by atoms with Crippen molar-refractivity contribution in [3.05, 3.63) is 22.9 Å². The molecule has 8 nitrogen and oxygen atoms in total. The van der Waals surface area contributed by atoms with Gasteiger partial charge in [0.05, 0.1) is 5.60 Å². The highest BCUT2D eigenvalue weighted by molar-refractivity contribution is 7.87. The minimum absolute atomic E-state index is 0.0546. The third kappa shape index (κ3) is 6.85. The number of ether oxygens (including phenoxy) is 3. The van der Waals surface area contributed by atoms with Crippen LogP contribution in [0.4, 0.5) is 13.2 Å². The van der Waals surface area contributed by atoms with Gasteiger partial charge in [-0.3, -0.25) is 9.59 Å². The zero-order chi connectivity index (χ0) is 27.9. The van der Waals surface area contributed by atoms with Crippen LogP contribution in [0.25, 0.3) is 0 Å². The minimum Gasteiger partial charge on any atom is -0.458 e. The fraction of sp³-hybridized carbons (Fsp3) is 0.760. The van der Waals surface area contributed by atoms with E-state index < -0.39 is 45.9 Å². The maximum Gasteiger partial charge on any atom is 0.534 e. The summed E-state index contributed by atoms with van der Waals surface area (Å²) in [4.78, 5) is 23.7. The molecule has 4 rings (SSSR count). The summed E-state index contributed by atoms with van der Waals surface area (Å²) >= 11 is 6.58. The number of carbonyl (C=O) groups is 2. The number of halogens is 4. The van der Waals surface area contributed by atoms with Crippen LogP contribution in [0.5, 0.6) is 0 Å². The number of hydrogen-bond acceptors (Lipinski definition) is 8. The lowest BCUT2D eigenvalue weighted by Gasteiger charge is -2.45. The number of hydrogen-bond donors (Lipinski definition) is 0. The van der Waals surface area contributed by atoms with Gasteiger partial charge in [0.25, 0.3) is 0 Å². The normalized spacial score (nSPS) is 33.1. The van der Waals surface area contributed by atoms with E-state index in [4.69, 9.17) is 25.8 Å². The second kappa shape index (κ2) is 11.0. The van der Waals surface area contributed by atoms with Crippen molar-refractivity contribution in [1.82, 2.24) is 0 Å². The molecule has 0 radical (unpaired) electrons. The molecule has 2 fully saturated rings. The van der Waals surface area contributed by atoms with E-state index in [1.807, 2.05) is 6.08 Å². The highest BCUT2D eigenvalue weighted by atomic mass is 35.5. The van der Waals surface area contributed by atoms with Gasteiger partial charge in [-0.05, 0) is 68.8 Å². The number of allylic oxidation sites excluding steroid dienone is 4. The second-order valence-electron chi connectivity index (χ2n) is 10.7. The third-order valence-corrected chi connectivity index (χ3v) is 9.19. The van der Waals surface area contributed by atoms with Gasteiger partial charge in [-0.2, -0.15) is 21.6 Å². The van der Waals surface area contributed by atoms with Crippen LogP contribution in [0.2, 0.25) is 0 Å². The van der Waals surface area contributed by atoms with E-state index in [1.165, 1.54) is 19.9 Å². The fourth-order valence-electron chi connectivity index (χ4n) is 5.81. The first kappa shape index (κ1) is 29.2. The Morgan fingerprint density at radius 1 is 1.13 bits per heavy atom. The smallest absolute Gasteiger partial charge is 0.458 e. The molecule has 0 aromatic heterocycles. The summed E-state index contributed by atoms with van der Waals surface area (Å²) in [5.74, 6) is -1.19. The lowest BCUT2D eigenvalue weighted by atomic mass is 9.74. The van der Waals surface area contributed by atoms with Crippen molar-refractivity contribution >= 4 is 33.7 Å². The Morgan fingerprint density at radius 3 is 2.37 bits per heavy atom. The number of carbonyl (C=O) groups excluding carboxylic acids is 2. The largest absolute Gasteiger partial charge is 0.534 e. The molecule has 0 N–H and O–H groups in total. The Kier molecular flexibility index (Phi) is 8.45. The van der Waals surface area contributed by atoms with E-state index in [0.717, 1.165) is 12.8 Å². The molecule has 0 aromatic carbocycles. The molecule has 214 valence electrons. The SMILES string of the molecule is CC(=O)OC1[C@H](C2CC=C(Cl)C(CC3CC=C(OS(=O)(=O)C(F)(F)F)CC3)C2)OC2(CC2)C[C@@H]1OC(C)=O. The van der Waals surface area contributed by atoms with Gasteiger partial charge in [-0.1, -0.05) is 17.7 Å². The molecule has 0 amide bonds. The lowest BCUT2D eigenvalue weighted by Crippen LogP contribution is -2.55. The van der Waals surface area contributed by atoms with Gasteiger partial charge in [0, 0.05) is 31.7 Å². The van der Waals surface area contributed by atoms with E-state index in [9.17, 15) is 31.2 Å². The van der Waals surface area contributed by atoms with Gasteiger partial charge in [-0.15, -0.1) is 0 Å². The highest BCUT2D eigenvalue weighted by Gasteiger charge is 2.58. The summed E-state index contributed by atoms with van der Waals surface area (Å²) in [6.45, 7) is 2.62. The molecule has 6 atom stereocenters. The topological polar surface area (TPSA) is 105 Å². The maximum absolute atomic E-state index is 12.6. The van der Waals surface area contributed by atoms with Crippen molar-refractivity contribution in [2.75, 3.05) is 0 Å². The minimum atomic E-state index is -5.68. The van der Waals surface area contributed by atoms with Crippen molar-refractivity contribution in [2.45, 2.75) is 101 Å². The summed E-state index contributed by atoms with van der Waals surface area (Å²) in [6, 6.07) is 0. The van der Waals surface area contributed by atoms with Gasteiger partial charge in [-0.25, -0.2) is 0 Å². The zero-order valence-corrected chi connectivity index (χ0v) is 22.7. The van der Waals surface area contributed by atoms with E-state index in [-0.39, 0.29) is 35.5 Å². The van der Waals surface area contributed by atoms with Gasteiger partial charge in [0.15, 0.2) is 6.10 Å². The molecule has 1 spiro atoms. The monoisotopic (exact) mass is 584 g/mol. The van der Waals surface area contributed by atoms with Crippen LogP contribution in [0.3, 0.4) is 0 Å². The number of rotatable bonds is 7. The Bertz CT molecular complexity index is 1100. The first-order chi connectivity index (χ1) is 17.7. The molecule has 4 aliphatic rings. The molecule has 3 aliphatic carbocycles. The predicted octanol–water partition coefficient (Wildman–Crippen LogP) is 5.26. The van der Waals surface area contributed by atoms with Crippen LogP contribution in [-0.2, 0) is 38.1 Å². The summed E-state index contributed by atoms with van der Waals surface area (Å²) in [5.41, 5.74) is -5.86. The van der Waals surface area contributed by atoms with Crippen molar-refractivity contribution in [2.24, 2.45) is 17.8 Å². The third-order valence-electron chi connectivity index (χ3n) is 7.73. The van der Waals surface area contributed by atoms with Gasteiger partial charge < -0.3 is 18.4 Å². The lowest BCUT2D eigenvalue weighted by molar-refractivity contribution is -0.223. The average Bonchev–Trinajstić information content (AvgIpc) is 3.55. The van der Waals surface area contributed by atoms with E-state index in [2.05, 4.69) is 4.18 Å². The molecule has 1 aliphatic heterocycles. The molecule has 4 unspecified atom stereocenters. The Labute approximate surface area is 225 Å². The highest BCUT2D eigenvalue weighted by Crippen LogP contribution is 2.52. The van der Waals surface area contributed by atoms with Crippen LogP contribution < -0.4 is 0 Å². The first-order valence-electron chi connectivity index (χ1n) is 12.8. The number of esters is 2. The summed E-state index contributed by atoms with van der Waals surface area (Å²) in [6.07, 6.45) is 6.40. The van der Waals surface area contributed by atoms with E-state index >= 15 is 0 Å². The molecular weight excluding hydrogens is 553 g/mol. The van der Waals surface area contributed by atoms with Crippen molar-refractivity contribution in [1.29, 1.82) is 0 Å². The molecule has 1 saturated heterocycles. The van der Waals surface area contributed by atoms with Gasteiger partial charge in [0.2, 0.25) is 0 Å². The van der Waals surface area contributed by atoms with Crippen molar-refractivity contribution in [3.8, 4) is 0 Å². The molecule has 38 heavy (non-hydrogen) atoms. The molecule has 1 saturated carbocycles. The predicted molar refractivity (Wildman–Crippen MR) is 129 cm³/mol. The van der Waals surface area contributed by atoms with Crippen LogP contribution in [0.1, 0.15) is 71.6 Å². The van der Waals surface area contributed by atoms with Crippen LogP contribution in [0, 0.1) is 17.8 Å². The Morgan fingerprint density at radius 2 is 1.82 bits per heavy atom. The van der Waals surface area contributed by atoms with Crippen LogP contribution in [0.15, 0.2) is 22.9 Å². The Hall–Kier alpha value is -1.79. The van der Waals surface area contributed by atoms with E-state index in [1.54, 1.807) is 0 Å². The maximum atomic E-state index is 12.6. The van der Waals surface area contributed by atoms with Crippen LogP contribution in [-0.4, -0.2) is 49.8 Å². The fourth-order valence-corrected chi connectivity index (χ4v) is 6.60. The quantitative estimate of drug-likeness (QED) is 0.227. The second-order valence-corrected chi connectivity index (χ2v) is 12.7. The molecule has 0 bridgehead atoms. The van der Waals surface area contributed by atoms with Gasteiger partial charge >= 0.3 is 27.6 Å². The molecular formula is C25H32ClF3O8S. The van der Waals surface area contributed by atoms with Crippen molar-refractivity contribution in [3.63, 3.8) is 0 Å². The average molecular weight is 585 g/mol. The van der Waals surface area contributed by atoms with Crippen molar-refractivity contribution < 1.29 is 49.6 Å². The van der Waals surface area contributed by atoms with Crippen LogP contribution >= 0.6 is 11.6 Å². The first-order valence-corrected chi connectivity index (χ1v) is 14.5.